The van der Waals surface area contributed by atoms with Crippen LogP contribution in [0.5, 0.6) is 0 Å². The number of rotatable bonds is 10. The second-order valence-electron chi connectivity index (χ2n) is 6.63. The monoisotopic (exact) mass is 481 g/mol. The summed E-state index contributed by atoms with van der Waals surface area (Å²) < 4.78 is 46.7. The van der Waals surface area contributed by atoms with E-state index in [1.165, 1.54) is 0 Å². The fraction of sp³-hybridized carbons (Fsp3) is 0.750. The third kappa shape index (κ3) is 9.48. The van der Waals surface area contributed by atoms with Crippen LogP contribution >= 0.6 is 16.4 Å². The van der Waals surface area contributed by atoms with Gasteiger partial charge in [-0.2, -0.15) is 18.1 Å². The number of hydrogen-bond donors (Lipinski definition) is 2. The van der Waals surface area contributed by atoms with Gasteiger partial charge in [-0.25, -0.2) is 14.3 Å². The Balaban J connectivity index is 1.52. The fourth-order valence-corrected chi connectivity index (χ4v) is 4.43. The molecule has 11 nitrogen and oxygen atoms in total. The molecule has 14 heteroatoms. The highest BCUT2D eigenvalue weighted by Crippen LogP contribution is 2.52. The number of carbonyl (C=O) groups is 2. The average Bonchev–Trinajstić information content (AvgIpc) is 3.27. The summed E-state index contributed by atoms with van der Waals surface area (Å²) in [6.07, 6.45) is 1.61. The molecule has 168 valence electrons. The van der Waals surface area contributed by atoms with E-state index in [9.17, 15) is 18.0 Å². The van der Waals surface area contributed by atoms with E-state index in [2.05, 4.69) is 25.8 Å². The zero-order valence-electron chi connectivity index (χ0n) is 16.2. The molecule has 0 bridgehead atoms. The molecule has 0 spiro atoms. The quantitative estimate of drug-likeness (QED) is 0.206. The van der Waals surface area contributed by atoms with Crippen LogP contribution in [0.15, 0.2) is 0 Å². The number of nitrogens with one attached hydrogen (secondary N) is 2. The number of ether oxygens (including phenoxy) is 3. The SMILES string of the molecule is N#P(P)OC(=O)OCCOCCNS(=O)(=O)NC(=O)OCC1[C@H]2CCC#CCC[C@@H]12. The highest BCUT2D eigenvalue weighted by atomic mass is 32.2. The van der Waals surface area contributed by atoms with Crippen LogP contribution in [0.1, 0.15) is 25.7 Å². The van der Waals surface area contributed by atoms with E-state index in [-0.39, 0.29) is 38.9 Å². The Hall–Kier alpha value is -1.59. The van der Waals surface area contributed by atoms with Crippen LogP contribution < -0.4 is 9.44 Å². The van der Waals surface area contributed by atoms with E-state index < -0.39 is 29.9 Å². The van der Waals surface area contributed by atoms with Gasteiger partial charge in [0, 0.05) is 19.4 Å². The lowest BCUT2D eigenvalue weighted by Gasteiger charge is -2.09. The highest BCUT2D eigenvalue weighted by Gasteiger charge is 2.49. The Morgan fingerprint density at radius 1 is 1.10 bits per heavy atom. The predicted octanol–water partition coefficient (Wildman–Crippen LogP) is 1.82. The molecule has 2 rings (SSSR count). The molecule has 30 heavy (non-hydrogen) atoms. The van der Waals surface area contributed by atoms with E-state index in [4.69, 9.17) is 14.5 Å². The first-order valence-corrected chi connectivity index (χ1v) is 13.7. The van der Waals surface area contributed by atoms with Crippen molar-refractivity contribution < 1.29 is 36.7 Å². The largest absolute Gasteiger partial charge is 0.518 e. The smallest absolute Gasteiger partial charge is 0.449 e. The van der Waals surface area contributed by atoms with E-state index in [1.807, 2.05) is 8.93 Å². The van der Waals surface area contributed by atoms with Gasteiger partial charge < -0.3 is 18.7 Å². The van der Waals surface area contributed by atoms with Crippen molar-refractivity contribution in [3.05, 3.63) is 0 Å². The van der Waals surface area contributed by atoms with E-state index >= 15 is 0 Å². The number of hydrogen-bond acceptors (Lipinski definition) is 9. The molecule has 0 aromatic rings. The maximum atomic E-state index is 11.8. The maximum absolute atomic E-state index is 11.8. The lowest BCUT2D eigenvalue weighted by atomic mass is 10.1. The molecule has 0 radical (unpaired) electrons. The van der Waals surface area contributed by atoms with Gasteiger partial charge in [-0.15, -0.1) is 11.8 Å². The summed E-state index contributed by atoms with van der Waals surface area (Å²) in [5, 5.41) is 8.83. The van der Waals surface area contributed by atoms with Gasteiger partial charge in [-0.05, 0) is 39.5 Å². The minimum absolute atomic E-state index is 0.00126. The summed E-state index contributed by atoms with van der Waals surface area (Å²) in [7, 11) is -4.09. The first-order valence-electron chi connectivity index (χ1n) is 9.34. The molecule has 2 aliphatic rings. The molecule has 5 atom stereocenters. The summed E-state index contributed by atoms with van der Waals surface area (Å²) in [6.45, 7) is -0.0523. The van der Waals surface area contributed by atoms with Gasteiger partial charge in [0.2, 0.25) is 0 Å². The average molecular weight is 481 g/mol. The van der Waals surface area contributed by atoms with E-state index in [0.717, 1.165) is 25.7 Å². The second-order valence-corrected chi connectivity index (χ2v) is 10.2. The predicted molar refractivity (Wildman–Crippen MR) is 110 cm³/mol. The van der Waals surface area contributed by atoms with Gasteiger partial charge >= 0.3 is 22.5 Å². The lowest BCUT2D eigenvalue weighted by Crippen LogP contribution is -2.42. The minimum Gasteiger partial charge on any atom is -0.449 e. The van der Waals surface area contributed by atoms with Gasteiger partial charge in [-0.3, -0.25) is 0 Å². The minimum atomic E-state index is -4.07. The number of nitrogens with zero attached hydrogens (tertiary/aromatic N) is 1. The normalized spacial score (nSPS) is 22.8. The van der Waals surface area contributed by atoms with Crippen molar-refractivity contribution in [3.8, 4) is 11.8 Å². The first-order chi connectivity index (χ1) is 14.3. The van der Waals surface area contributed by atoms with Crippen LogP contribution in [0.4, 0.5) is 9.59 Å². The van der Waals surface area contributed by atoms with Crippen LogP contribution in [-0.2, 0) is 28.9 Å². The van der Waals surface area contributed by atoms with Crippen LogP contribution in [-0.4, -0.2) is 53.6 Å². The Kier molecular flexibility index (Phi) is 10.1. The highest BCUT2D eigenvalue weighted by molar-refractivity contribution is 8.03. The van der Waals surface area contributed by atoms with Crippen molar-refractivity contribution in [2.75, 3.05) is 33.0 Å². The van der Waals surface area contributed by atoms with Crippen molar-refractivity contribution in [1.82, 2.24) is 9.44 Å². The molecule has 3 unspecified atom stereocenters. The van der Waals surface area contributed by atoms with E-state index in [1.54, 1.807) is 4.72 Å². The third-order valence-corrected chi connectivity index (χ3v) is 6.29. The van der Waals surface area contributed by atoms with E-state index in [0.29, 0.717) is 11.8 Å². The van der Waals surface area contributed by atoms with Crippen molar-refractivity contribution in [1.29, 1.82) is 5.00 Å². The Morgan fingerprint density at radius 2 is 1.77 bits per heavy atom. The van der Waals surface area contributed by atoms with Crippen molar-refractivity contribution in [3.63, 3.8) is 0 Å². The van der Waals surface area contributed by atoms with Crippen molar-refractivity contribution in [2.45, 2.75) is 25.7 Å². The molecule has 1 amide bonds. The summed E-state index contributed by atoms with van der Waals surface area (Å²) in [5.74, 6) is 7.47. The number of amides is 1. The molecular formula is C16H25N3O8P2S. The lowest BCUT2D eigenvalue weighted by molar-refractivity contribution is 0.0566. The first kappa shape index (κ1) is 24.7. The standard InChI is InChI=1S/C16H25N3O8P2S/c17-29(28)27-16(21)25-10-9-24-8-7-18-30(22,23)19-15(20)26-11-14-12-5-3-1-2-4-6-13(12)14/h12-14,18H,3-11,28H2,(H,19,20)/t12-,13+,14?. The molecule has 0 aromatic carbocycles. The molecule has 1 saturated carbocycles. The maximum Gasteiger partial charge on any atom is 0.518 e. The van der Waals surface area contributed by atoms with Crippen LogP contribution in [0.2, 0.25) is 0 Å². The van der Waals surface area contributed by atoms with Crippen LogP contribution in [0, 0.1) is 34.6 Å². The summed E-state index contributed by atoms with van der Waals surface area (Å²) >= 11 is 0. The van der Waals surface area contributed by atoms with Crippen LogP contribution in [0.25, 0.3) is 0 Å². The molecule has 2 aliphatic carbocycles. The van der Waals surface area contributed by atoms with Gasteiger partial charge in [0.1, 0.15) is 6.61 Å². The fourth-order valence-electron chi connectivity index (χ4n) is 3.27. The Bertz CT molecular complexity index is 830. The molecule has 0 heterocycles. The zero-order chi connectivity index (χ0) is 22.0. The Labute approximate surface area is 178 Å². The second kappa shape index (κ2) is 12.3. The molecular weight excluding hydrogens is 456 g/mol. The summed E-state index contributed by atoms with van der Waals surface area (Å²) in [5.41, 5.74) is 0. The summed E-state index contributed by atoms with van der Waals surface area (Å²) in [4.78, 5) is 22.7. The van der Waals surface area contributed by atoms with Gasteiger partial charge in [-0.1, -0.05) is 0 Å². The summed E-state index contributed by atoms with van der Waals surface area (Å²) in [6, 6.07) is 0. The van der Waals surface area contributed by atoms with Gasteiger partial charge in [0.05, 0.1) is 19.8 Å². The molecule has 0 aliphatic heterocycles. The number of carbonyl (C=O) groups excluding carboxylic acids is 2. The molecule has 0 aromatic heterocycles. The molecule has 2 N–H and O–H groups in total. The van der Waals surface area contributed by atoms with Gasteiger partial charge in [0.25, 0.3) is 7.47 Å². The van der Waals surface area contributed by atoms with Crippen LogP contribution in [0.3, 0.4) is 0 Å². The molecule has 1 fully saturated rings. The zero-order valence-corrected chi connectivity index (χ0v) is 19.1. The van der Waals surface area contributed by atoms with Crippen molar-refractivity contribution >= 4 is 38.9 Å². The third-order valence-electron chi connectivity index (χ3n) is 4.62. The molecule has 0 saturated heterocycles. The topological polar surface area (TPSA) is 153 Å². The number of fused-ring (bicyclic) bond motifs is 1. The van der Waals surface area contributed by atoms with Crippen molar-refractivity contribution in [2.24, 2.45) is 17.8 Å². The Morgan fingerprint density at radius 3 is 2.40 bits per heavy atom. The van der Waals surface area contributed by atoms with Gasteiger partial charge in [0.15, 0.2) is 0 Å².